The van der Waals surface area contributed by atoms with Crippen molar-refractivity contribution in [1.82, 2.24) is 5.43 Å². The average molecular weight is 314 g/mol. The van der Waals surface area contributed by atoms with E-state index in [2.05, 4.69) is 42.0 Å². The van der Waals surface area contributed by atoms with Crippen molar-refractivity contribution < 1.29 is 0 Å². The third-order valence-electron chi connectivity index (χ3n) is 3.49. The van der Waals surface area contributed by atoms with Gasteiger partial charge in [-0.3, -0.25) is 0 Å². The van der Waals surface area contributed by atoms with Gasteiger partial charge in [-0.25, -0.2) is 5.43 Å². The molecule has 0 spiro atoms. The summed E-state index contributed by atoms with van der Waals surface area (Å²) < 4.78 is 0. The molecule has 22 heavy (non-hydrogen) atoms. The van der Waals surface area contributed by atoms with Crippen LogP contribution in [0.1, 0.15) is 38.2 Å². The summed E-state index contributed by atoms with van der Waals surface area (Å²) in [6.45, 7) is 3.07. The smallest absolute Gasteiger partial charge is 0.0487 e. The normalized spacial score (nSPS) is 10.6. The highest BCUT2D eigenvalue weighted by molar-refractivity contribution is 7.99. The van der Waals surface area contributed by atoms with Crippen LogP contribution in [0.2, 0.25) is 0 Å². The van der Waals surface area contributed by atoms with Crippen LogP contribution in [0.3, 0.4) is 0 Å². The van der Waals surface area contributed by atoms with Gasteiger partial charge in [-0.05, 0) is 42.0 Å². The van der Waals surface area contributed by atoms with Gasteiger partial charge in [-0.15, -0.1) is 11.8 Å². The largest absolute Gasteiger partial charge is 0.321 e. The van der Waals surface area contributed by atoms with Gasteiger partial charge in [-0.1, -0.05) is 56.5 Å². The van der Waals surface area contributed by atoms with Gasteiger partial charge in [0.1, 0.15) is 0 Å². The minimum atomic E-state index is 0.816. The minimum absolute atomic E-state index is 0.816. The van der Waals surface area contributed by atoms with E-state index in [0.717, 1.165) is 12.2 Å². The van der Waals surface area contributed by atoms with Crippen molar-refractivity contribution in [3.05, 3.63) is 60.2 Å². The van der Waals surface area contributed by atoms with Crippen LogP contribution < -0.4 is 10.9 Å². The number of benzene rings is 2. The molecule has 0 heterocycles. The van der Waals surface area contributed by atoms with Gasteiger partial charge < -0.3 is 5.43 Å². The van der Waals surface area contributed by atoms with Gasteiger partial charge in [-0.2, -0.15) is 0 Å². The monoisotopic (exact) mass is 314 g/mol. The number of para-hydroxylation sites is 1. The Morgan fingerprint density at radius 2 is 1.64 bits per heavy atom. The van der Waals surface area contributed by atoms with E-state index in [1.165, 1.54) is 41.9 Å². The van der Waals surface area contributed by atoms with Crippen molar-refractivity contribution in [3.63, 3.8) is 0 Å². The number of hydrogen-bond acceptors (Lipinski definition) is 3. The highest BCUT2D eigenvalue weighted by Gasteiger charge is 1.97. The topological polar surface area (TPSA) is 24.1 Å². The van der Waals surface area contributed by atoms with Gasteiger partial charge in [0, 0.05) is 17.1 Å². The second-order valence-electron chi connectivity index (χ2n) is 5.40. The molecule has 0 bridgehead atoms. The fraction of sp³-hybridized carbons (Fsp3) is 0.368. The zero-order valence-corrected chi connectivity index (χ0v) is 14.2. The maximum absolute atomic E-state index is 3.25. The zero-order valence-electron chi connectivity index (χ0n) is 13.3. The number of anilines is 1. The first kappa shape index (κ1) is 16.9. The van der Waals surface area contributed by atoms with Gasteiger partial charge >= 0.3 is 0 Å². The molecule has 2 aromatic carbocycles. The highest BCUT2D eigenvalue weighted by Crippen LogP contribution is 2.20. The molecule has 0 atom stereocenters. The van der Waals surface area contributed by atoms with Crippen LogP contribution in [-0.4, -0.2) is 5.75 Å². The lowest BCUT2D eigenvalue weighted by molar-refractivity contribution is 0.706. The molecule has 0 aromatic heterocycles. The molecular formula is C19H26N2S. The molecule has 2 nitrogen and oxygen atoms in total. The molecule has 0 radical (unpaired) electrons. The Morgan fingerprint density at radius 1 is 0.864 bits per heavy atom. The van der Waals surface area contributed by atoms with E-state index in [9.17, 15) is 0 Å². The van der Waals surface area contributed by atoms with Crippen molar-refractivity contribution in [1.29, 1.82) is 0 Å². The molecule has 0 amide bonds. The van der Waals surface area contributed by atoms with Gasteiger partial charge in [0.05, 0.1) is 0 Å². The lowest BCUT2D eigenvalue weighted by Gasteiger charge is -2.09. The predicted molar refractivity (Wildman–Crippen MR) is 98.2 cm³/mol. The molecule has 0 aliphatic heterocycles. The number of rotatable bonds is 10. The number of thioether (sulfide) groups is 1. The summed E-state index contributed by atoms with van der Waals surface area (Å²) in [6.07, 6.45) is 5.35. The molecule has 0 saturated carbocycles. The van der Waals surface area contributed by atoms with Gasteiger partial charge in [0.15, 0.2) is 0 Å². The lowest BCUT2D eigenvalue weighted by Crippen LogP contribution is -2.20. The summed E-state index contributed by atoms with van der Waals surface area (Å²) in [5, 5.41) is 0. The van der Waals surface area contributed by atoms with Crippen LogP contribution in [0.15, 0.2) is 59.5 Å². The molecule has 3 heteroatoms. The summed E-state index contributed by atoms with van der Waals surface area (Å²) in [5.74, 6) is 1.23. The maximum atomic E-state index is 3.25. The maximum Gasteiger partial charge on any atom is 0.0487 e. The number of unbranched alkanes of at least 4 members (excludes halogenated alkanes) is 3. The fourth-order valence-electron chi connectivity index (χ4n) is 2.19. The van der Waals surface area contributed by atoms with Gasteiger partial charge in [0.25, 0.3) is 0 Å². The number of hydrogen-bond donors (Lipinski definition) is 2. The summed E-state index contributed by atoms with van der Waals surface area (Å²) in [7, 11) is 0. The quantitative estimate of drug-likeness (QED) is 0.345. The predicted octanol–water partition coefficient (Wildman–Crippen LogP) is 5.48. The summed E-state index contributed by atoms with van der Waals surface area (Å²) in [4.78, 5) is 1.37. The molecular weight excluding hydrogens is 288 g/mol. The first-order valence-electron chi connectivity index (χ1n) is 8.14. The summed E-state index contributed by atoms with van der Waals surface area (Å²) in [5.41, 5.74) is 8.83. The van der Waals surface area contributed by atoms with E-state index in [1.807, 2.05) is 42.1 Å². The van der Waals surface area contributed by atoms with E-state index in [1.54, 1.807) is 0 Å². The van der Waals surface area contributed by atoms with E-state index >= 15 is 0 Å². The Labute approximate surface area is 138 Å². The average Bonchev–Trinajstić information content (AvgIpc) is 2.57. The Kier molecular flexibility index (Phi) is 7.92. The van der Waals surface area contributed by atoms with Crippen molar-refractivity contribution in [3.8, 4) is 0 Å². The fourth-order valence-corrected chi connectivity index (χ4v) is 3.10. The molecule has 0 aliphatic rings. The molecule has 2 N–H and O–H groups in total. The number of hydrazine groups is 1. The second kappa shape index (κ2) is 10.3. The Morgan fingerprint density at radius 3 is 2.36 bits per heavy atom. The third-order valence-corrected chi connectivity index (χ3v) is 4.59. The molecule has 0 saturated heterocycles. The van der Waals surface area contributed by atoms with Crippen LogP contribution >= 0.6 is 11.8 Å². The standard InChI is InChI=1S/C19H26N2S/c1-2-3-4-8-15-22-19-13-11-17(12-14-19)16-20-21-18-9-6-5-7-10-18/h5-7,9-14,20-21H,2-4,8,15-16H2,1H3. The summed E-state index contributed by atoms with van der Waals surface area (Å²) >= 11 is 1.96. The van der Waals surface area contributed by atoms with Crippen LogP contribution in [0, 0.1) is 0 Å². The van der Waals surface area contributed by atoms with Crippen LogP contribution in [0.5, 0.6) is 0 Å². The van der Waals surface area contributed by atoms with Crippen molar-refractivity contribution in [2.45, 2.75) is 44.0 Å². The molecule has 0 unspecified atom stereocenters. The lowest BCUT2D eigenvalue weighted by atomic mass is 10.2. The Bertz CT molecular complexity index is 511. The van der Waals surface area contributed by atoms with E-state index in [0.29, 0.717) is 0 Å². The number of nitrogens with one attached hydrogen (secondary N) is 2. The van der Waals surface area contributed by atoms with Crippen LogP contribution in [0.25, 0.3) is 0 Å². The minimum Gasteiger partial charge on any atom is -0.321 e. The third kappa shape index (κ3) is 6.54. The first-order chi connectivity index (χ1) is 10.9. The molecule has 118 valence electrons. The Hall–Kier alpha value is -1.45. The Balaban J connectivity index is 1.66. The summed E-state index contributed by atoms with van der Waals surface area (Å²) in [6, 6.07) is 19.0. The van der Waals surface area contributed by atoms with Gasteiger partial charge in [0.2, 0.25) is 0 Å². The molecule has 0 aliphatic carbocycles. The van der Waals surface area contributed by atoms with E-state index in [-0.39, 0.29) is 0 Å². The second-order valence-corrected chi connectivity index (χ2v) is 6.57. The van der Waals surface area contributed by atoms with Crippen molar-refractivity contribution >= 4 is 17.4 Å². The van der Waals surface area contributed by atoms with Crippen LogP contribution in [0.4, 0.5) is 5.69 Å². The molecule has 0 fully saturated rings. The van der Waals surface area contributed by atoms with Crippen molar-refractivity contribution in [2.75, 3.05) is 11.2 Å². The van der Waals surface area contributed by atoms with E-state index < -0.39 is 0 Å². The molecule has 2 rings (SSSR count). The SMILES string of the molecule is CCCCCCSc1ccc(CNNc2ccccc2)cc1. The first-order valence-corrected chi connectivity index (χ1v) is 9.12. The van der Waals surface area contributed by atoms with Crippen molar-refractivity contribution in [2.24, 2.45) is 0 Å². The molecule has 2 aromatic rings. The highest BCUT2D eigenvalue weighted by atomic mass is 32.2. The van der Waals surface area contributed by atoms with E-state index in [4.69, 9.17) is 0 Å². The zero-order chi connectivity index (χ0) is 15.5. The van der Waals surface area contributed by atoms with Crippen LogP contribution in [-0.2, 0) is 6.54 Å².